The molecule has 1 aliphatic rings. The predicted octanol–water partition coefficient (Wildman–Crippen LogP) is 1.71. The van der Waals surface area contributed by atoms with Crippen molar-refractivity contribution in [1.82, 2.24) is 4.90 Å². The molecule has 0 aliphatic carbocycles. The number of nitrogens with two attached hydrogens (primary N) is 1. The predicted molar refractivity (Wildman–Crippen MR) is 75.1 cm³/mol. The minimum Gasteiger partial charge on any atom is -0.377 e. The van der Waals surface area contributed by atoms with Gasteiger partial charge in [-0.1, -0.05) is 6.07 Å². The average Bonchev–Trinajstić information content (AvgIpc) is 2.45. The van der Waals surface area contributed by atoms with E-state index in [2.05, 4.69) is 0 Å². The van der Waals surface area contributed by atoms with E-state index < -0.39 is 5.82 Å². The molecule has 1 heterocycles. The summed E-state index contributed by atoms with van der Waals surface area (Å²) in [6, 6.07) is 4.71. The molecular formula is C15H21FN2O2. The third-order valence-electron chi connectivity index (χ3n) is 3.56. The highest BCUT2D eigenvalue weighted by molar-refractivity contribution is 5.94. The van der Waals surface area contributed by atoms with E-state index >= 15 is 0 Å². The third kappa shape index (κ3) is 3.55. The molecule has 20 heavy (non-hydrogen) atoms. The van der Waals surface area contributed by atoms with Gasteiger partial charge in [0.05, 0.1) is 18.3 Å². The van der Waals surface area contributed by atoms with Gasteiger partial charge in [0, 0.05) is 19.6 Å². The summed E-state index contributed by atoms with van der Waals surface area (Å²) in [4.78, 5) is 14.0. The molecule has 1 amide bonds. The number of nitrogens with zero attached hydrogens (tertiary/aromatic N) is 1. The van der Waals surface area contributed by atoms with Crippen LogP contribution in [0.4, 0.5) is 4.39 Å². The van der Waals surface area contributed by atoms with Gasteiger partial charge < -0.3 is 15.4 Å². The van der Waals surface area contributed by atoms with Gasteiger partial charge in [0.15, 0.2) is 0 Å². The number of benzene rings is 1. The minimum absolute atomic E-state index is 0.150. The Hall–Kier alpha value is -1.46. The number of aryl methyl sites for hydroxylation is 1. The molecule has 110 valence electrons. The number of carbonyl (C=O) groups excluding carboxylic acids is 1. The van der Waals surface area contributed by atoms with Gasteiger partial charge in [0.1, 0.15) is 5.82 Å². The van der Waals surface area contributed by atoms with Crippen LogP contribution in [-0.2, 0) is 4.74 Å². The Morgan fingerprint density at radius 1 is 1.45 bits per heavy atom. The van der Waals surface area contributed by atoms with Crippen molar-refractivity contribution in [2.24, 2.45) is 5.73 Å². The molecule has 0 aromatic heterocycles. The van der Waals surface area contributed by atoms with E-state index in [1.54, 1.807) is 24.0 Å². The van der Waals surface area contributed by atoms with Gasteiger partial charge in [0.25, 0.3) is 5.91 Å². The van der Waals surface area contributed by atoms with Crippen LogP contribution in [0.3, 0.4) is 0 Å². The molecule has 0 saturated carbocycles. The molecule has 5 heteroatoms. The fraction of sp³-hybridized carbons (Fsp3) is 0.533. The molecule has 2 rings (SSSR count). The van der Waals surface area contributed by atoms with Crippen molar-refractivity contribution in [1.29, 1.82) is 0 Å². The molecule has 1 saturated heterocycles. The molecule has 1 aromatic rings. The van der Waals surface area contributed by atoms with Crippen LogP contribution in [0.5, 0.6) is 0 Å². The van der Waals surface area contributed by atoms with Crippen LogP contribution >= 0.6 is 0 Å². The molecule has 0 radical (unpaired) electrons. The van der Waals surface area contributed by atoms with Crippen LogP contribution in [0, 0.1) is 12.7 Å². The summed E-state index contributed by atoms with van der Waals surface area (Å²) in [6.07, 6.45) is 1.71. The number of ether oxygens (including phenoxy) is 1. The topological polar surface area (TPSA) is 55.6 Å². The lowest BCUT2D eigenvalue weighted by molar-refractivity contribution is 0.0120. The van der Waals surface area contributed by atoms with Crippen molar-refractivity contribution in [2.75, 3.05) is 26.2 Å². The first-order chi connectivity index (χ1) is 9.61. The third-order valence-corrected chi connectivity index (χ3v) is 3.56. The summed E-state index contributed by atoms with van der Waals surface area (Å²) in [5, 5.41) is 0. The van der Waals surface area contributed by atoms with Crippen molar-refractivity contribution < 1.29 is 13.9 Å². The Morgan fingerprint density at radius 3 is 2.75 bits per heavy atom. The molecule has 1 aliphatic heterocycles. The molecule has 1 fully saturated rings. The highest BCUT2D eigenvalue weighted by Crippen LogP contribution is 2.18. The van der Waals surface area contributed by atoms with Crippen molar-refractivity contribution >= 4 is 5.91 Å². The summed E-state index contributed by atoms with van der Waals surface area (Å²) in [5.74, 6) is -0.684. The Labute approximate surface area is 118 Å². The van der Waals surface area contributed by atoms with Gasteiger partial charge in [-0.05, 0) is 37.5 Å². The van der Waals surface area contributed by atoms with Crippen LogP contribution in [0.1, 0.15) is 28.8 Å². The number of amides is 1. The fourth-order valence-electron chi connectivity index (χ4n) is 2.42. The van der Waals surface area contributed by atoms with Crippen LogP contribution < -0.4 is 5.73 Å². The number of likely N-dealkylation sites (tertiary alicyclic amines) is 1. The summed E-state index contributed by atoms with van der Waals surface area (Å²) in [5.41, 5.74) is 6.36. The van der Waals surface area contributed by atoms with E-state index in [4.69, 9.17) is 10.5 Å². The van der Waals surface area contributed by atoms with Crippen LogP contribution in [-0.4, -0.2) is 43.2 Å². The molecule has 0 bridgehead atoms. The quantitative estimate of drug-likeness (QED) is 0.913. The molecule has 0 spiro atoms. The highest BCUT2D eigenvalue weighted by Gasteiger charge is 2.25. The zero-order valence-electron chi connectivity index (χ0n) is 11.8. The molecule has 0 atom stereocenters. The van der Waals surface area contributed by atoms with E-state index in [0.29, 0.717) is 26.2 Å². The smallest absolute Gasteiger partial charge is 0.256 e. The summed E-state index contributed by atoms with van der Waals surface area (Å²) in [6.45, 7) is 4.05. The maximum absolute atomic E-state index is 13.8. The van der Waals surface area contributed by atoms with Crippen molar-refractivity contribution in [3.8, 4) is 0 Å². The van der Waals surface area contributed by atoms with Crippen LogP contribution in [0.15, 0.2) is 18.2 Å². The van der Waals surface area contributed by atoms with E-state index in [1.165, 1.54) is 6.07 Å². The minimum atomic E-state index is -0.448. The molecule has 0 unspecified atom stereocenters. The maximum Gasteiger partial charge on any atom is 0.256 e. The van der Waals surface area contributed by atoms with E-state index in [9.17, 15) is 9.18 Å². The second-order valence-corrected chi connectivity index (χ2v) is 5.13. The van der Waals surface area contributed by atoms with Gasteiger partial charge in [-0.2, -0.15) is 0 Å². The fourth-order valence-corrected chi connectivity index (χ4v) is 2.42. The highest BCUT2D eigenvalue weighted by atomic mass is 19.1. The first kappa shape index (κ1) is 14.9. The SMILES string of the molecule is Cc1ccc(C(=O)N2CCC(OCCN)CC2)c(F)c1. The van der Waals surface area contributed by atoms with Crippen molar-refractivity contribution in [3.63, 3.8) is 0 Å². The van der Waals surface area contributed by atoms with E-state index in [0.717, 1.165) is 18.4 Å². The number of piperidine rings is 1. The second kappa shape index (κ2) is 6.81. The van der Waals surface area contributed by atoms with Gasteiger partial charge in [-0.25, -0.2) is 4.39 Å². The molecule has 1 aromatic carbocycles. The Bertz CT molecular complexity index is 471. The van der Waals surface area contributed by atoms with E-state index in [-0.39, 0.29) is 17.6 Å². The van der Waals surface area contributed by atoms with Gasteiger partial charge >= 0.3 is 0 Å². The van der Waals surface area contributed by atoms with Crippen molar-refractivity contribution in [3.05, 3.63) is 35.1 Å². The van der Waals surface area contributed by atoms with Gasteiger partial charge in [-0.3, -0.25) is 4.79 Å². The first-order valence-electron chi connectivity index (χ1n) is 6.99. The number of rotatable bonds is 4. The first-order valence-corrected chi connectivity index (χ1v) is 6.99. The molecule has 4 nitrogen and oxygen atoms in total. The molecular weight excluding hydrogens is 259 g/mol. The van der Waals surface area contributed by atoms with Crippen LogP contribution in [0.25, 0.3) is 0 Å². The zero-order chi connectivity index (χ0) is 14.5. The number of carbonyl (C=O) groups is 1. The Balaban J connectivity index is 1.94. The normalized spacial score (nSPS) is 16.4. The largest absolute Gasteiger partial charge is 0.377 e. The van der Waals surface area contributed by atoms with Crippen LogP contribution in [0.2, 0.25) is 0 Å². The lowest BCUT2D eigenvalue weighted by Crippen LogP contribution is -2.41. The maximum atomic E-state index is 13.8. The monoisotopic (exact) mass is 280 g/mol. The summed E-state index contributed by atoms with van der Waals surface area (Å²) < 4.78 is 19.4. The summed E-state index contributed by atoms with van der Waals surface area (Å²) >= 11 is 0. The zero-order valence-corrected chi connectivity index (χ0v) is 11.8. The van der Waals surface area contributed by atoms with Crippen molar-refractivity contribution in [2.45, 2.75) is 25.9 Å². The van der Waals surface area contributed by atoms with E-state index in [1.807, 2.05) is 0 Å². The number of halogens is 1. The lowest BCUT2D eigenvalue weighted by atomic mass is 10.1. The van der Waals surface area contributed by atoms with Gasteiger partial charge in [0.2, 0.25) is 0 Å². The molecule has 2 N–H and O–H groups in total. The van der Waals surface area contributed by atoms with Gasteiger partial charge in [-0.15, -0.1) is 0 Å². The average molecular weight is 280 g/mol. The summed E-state index contributed by atoms with van der Waals surface area (Å²) in [7, 11) is 0. The standard InChI is InChI=1S/C15H21FN2O2/c1-11-2-3-13(14(16)10-11)15(19)18-7-4-12(5-8-18)20-9-6-17/h2-3,10,12H,4-9,17H2,1H3. The Morgan fingerprint density at radius 2 is 2.15 bits per heavy atom. The number of hydrogen-bond donors (Lipinski definition) is 1. The number of hydrogen-bond acceptors (Lipinski definition) is 3. The second-order valence-electron chi connectivity index (χ2n) is 5.13. The Kier molecular flexibility index (Phi) is 5.09. The lowest BCUT2D eigenvalue weighted by Gasteiger charge is -2.32.